The number of nitrogens with one attached hydrogen (secondary N) is 1. The van der Waals surface area contributed by atoms with E-state index in [1.807, 2.05) is 37.4 Å². The van der Waals surface area contributed by atoms with Gasteiger partial charge >= 0.3 is 0 Å². The Kier molecular flexibility index (Phi) is 6.69. The Morgan fingerprint density at radius 2 is 2.11 bits per heavy atom. The molecule has 0 spiro atoms. The van der Waals surface area contributed by atoms with Gasteiger partial charge < -0.3 is 10.2 Å². The van der Waals surface area contributed by atoms with E-state index in [1.54, 1.807) is 0 Å². The maximum atomic E-state index is 12.5. The summed E-state index contributed by atoms with van der Waals surface area (Å²) in [7, 11) is 0. The summed E-state index contributed by atoms with van der Waals surface area (Å²) in [4.78, 5) is 26.2. The molecule has 1 rings (SSSR count). The summed E-state index contributed by atoms with van der Waals surface area (Å²) in [5, 5.41) is 2.85. The number of carbonyl (C=O) groups excluding carboxylic acids is 2. The van der Waals surface area contributed by atoms with Gasteiger partial charge in [-0.1, -0.05) is 20.8 Å². The zero-order valence-corrected chi connectivity index (χ0v) is 13.3. The predicted octanol–water partition coefficient (Wildman–Crippen LogP) is 1.89. The van der Waals surface area contributed by atoms with Gasteiger partial charge in [0.1, 0.15) is 6.04 Å². The third-order valence-electron chi connectivity index (χ3n) is 3.44. The van der Waals surface area contributed by atoms with E-state index >= 15 is 0 Å². The molecule has 2 amide bonds. The molecule has 1 aliphatic rings. The smallest absolute Gasteiger partial charge is 0.245 e. The normalized spacial score (nSPS) is 24.6. The first-order valence-electron chi connectivity index (χ1n) is 7.15. The molecule has 0 radical (unpaired) electrons. The number of hydrogen-bond acceptors (Lipinski definition) is 3. The van der Waals surface area contributed by atoms with Gasteiger partial charge in [-0.25, -0.2) is 0 Å². The van der Waals surface area contributed by atoms with Crippen molar-refractivity contribution in [1.29, 1.82) is 0 Å². The van der Waals surface area contributed by atoms with Crippen LogP contribution in [-0.2, 0) is 9.59 Å². The lowest BCUT2D eigenvalue weighted by atomic mass is 10.0. The fourth-order valence-electron chi connectivity index (χ4n) is 2.33. The number of nitrogens with zero attached hydrogens (tertiary/aromatic N) is 1. The molecule has 5 heteroatoms. The van der Waals surface area contributed by atoms with E-state index in [2.05, 4.69) is 12.2 Å². The zero-order chi connectivity index (χ0) is 14.4. The average Bonchev–Trinajstić information content (AvgIpc) is 2.44. The molecule has 1 heterocycles. The van der Waals surface area contributed by atoms with Crippen LogP contribution < -0.4 is 5.32 Å². The highest BCUT2D eigenvalue weighted by Crippen LogP contribution is 2.16. The second kappa shape index (κ2) is 7.78. The highest BCUT2D eigenvalue weighted by atomic mass is 32.2. The zero-order valence-electron chi connectivity index (χ0n) is 12.4. The number of thioether (sulfide) groups is 1. The summed E-state index contributed by atoms with van der Waals surface area (Å²) in [6, 6.07) is -0.362. The summed E-state index contributed by atoms with van der Waals surface area (Å²) >= 11 is 1.89. The maximum Gasteiger partial charge on any atom is 0.245 e. The Bertz CT molecular complexity index is 321. The van der Waals surface area contributed by atoms with Crippen molar-refractivity contribution in [1.82, 2.24) is 10.2 Å². The molecule has 1 N–H and O–H groups in total. The van der Waals surface area contributed by atoms with Crippen LogP contribution >= 0.6 is 11.8 Å². The minimum absolute atomic E-state index is 0.00266. The summed E-state index contributed by atoms with van der Waals surface area (Å²) in [5.41, 5.74) is 0. The van der Waals surface area contributed by atoms with Gasteiger partial charge in [0.2, 0.25) is 11.8 Å². The second-order valence-electron chi connectivity index (χ2n) is 5.42. The van der Waals surface area contributed by atoms with Gasteiger partial charge in [-0.3, -0.25) is 9.59 Å². The molecule has 2 atom stereocenters. The standard InChI is InChI=1S/C14H26N2O2S/c1-5-19-8-6-7-16-11(4)9-12(17)15-13(10(2)3)14(16)18/h10-11,13H,5-9H2,1-4H3,(H,15,17). The molecule has 110 valence electrons. The lowest BCUT2D eigenvalue weighted by Gasteiger charge is -2.30. The molecule has 0 aromatic rings. The molecule has 0 aliphatic carbocycles. The number of hydrogen-bond donors (Lipinski definition) is 1. The van der Waals surface area contributed by atoms with Gasteiger partial charge in [-0.15, -0.1) is 0 Å². The Morgan fingerprint density at radius 1 is 1.42 bits per heavy atom. The summed E-state index contributed by atoms with van der Waals surface area (Å²) in [5.74, 6) is 2.38. The van der Waals surface area contributed by atoms with Gasteiger partial charge in [0.05, 0.1) is 0 Å². The molecule has 2 unspecified atom stereocenters. The predicted molar refractivity (Wildman–Crippen MR) is 80.2 cm³/mol. The largest absolute Gasteiger partial charge is 0.344 e. The lowest BCUT2D eigenvalue weighted by molar-refractivity contribution is -0.136. The highest BCUT2D eigenvalue weighted by molar-refractivity contribution is 7.99. The van der Waals surface area contributed by atoms with E-state index in [-0.39, 0.29) is 29.8 Å². The maximum absolute atomic E-state index is 12.5. The van der Waals surface area contributed by atoms with Crippen molar-refractivity contribution in [2.45, 2.75) is 52.6 Å². The number of rotatable bonds is 6. The van der Waals surface area contributed by atoms with E-state index in [4.69, 9.17) is 0 Å². The first-order valence-corrected chi connectivity index (χ1v) is 8.30. The van der Waals surface area contributed by atoms with Crippen LogP contribution in [0.4, 0.5) is 0 Å². The Balaban J connectivity index is 2.68. The molecule has 0 aromatic carbocycles. The lowest BCUT2D eigenvalue weighted by Crippen LogP contribution is -2.49. The Morgan fingerprint density at radius 3 is 2.68 bits per heavy atom. The third-order valence-corrected chi connectivity index (χ3v) is 4.42. The van der Waals surface area contributed by atoms with Gasteiger partial charge in [-0.2, -0.15) is 11.8 Å². The summed E-state index contributed by atoms with van der Waals surface area (Å²) in [6.45, 7) is 8.81. The Labute approximate surface area is 120 Å². The van der Waals surface area contributed by atoms with E-state index < -0.39 is 0 Å². The quantitative estimate of drug-likeness (QED) is 0.759. The minimum atomic E-state index is -0.365. The molecular weight excluding hydrogens is 260 g/mol. The van der Waals surface area contributed by atoms with Crippen molar-refractivity contribution in [3.63, 3.8) is 0 Å². The molecule has 19 heavy (non-hydrogen) atoms. The van der Waals surface area contributed by atoms with Crippen molar-refractivity contribution in [2.75, 3.05) is 18.1 Å². The summed E-state index contributed by atoms with van der Waals surface area (Å²) < 4.78 is 0. The van der Waals surface area contributed by atoms with Crippen molar-refractivity contribution < 1.29 is 9.59 Å². The van der Waals surface area contributed by atoms with Crippen LogP contribution in [0.25, 0.3) is 0 Å². The second-order valence-corrected chi connectivity index (χ2v) is 6.82. The number of amides is 2. The van der Waals surface area contributed by atoms with Crippen LogP contribution in [0.3, 0.4) is 0 Å². The minimum Gasteiger partial charge on any atom is -0.344 e. The first-order chi connectivity index (χ1) is 8.97. The topological polar surface area (TPSA) is 49.4 Å². The van der Waals surface area contributed by atoms with Crippen molar-refractivity contribution in [2.24, 2.45) is 5.92 Å². The average molecular weight is 286 g/mol. The fourth-order valence-corrected chi connectivity index (χ4v) is 2.95. The van der Waals surface area contributed by atoms with E-state index in [9.17, 15) is 9.59 Å². The molecule has 0 bridgehead atoms. The molecule has 1 aliphatic heterocycles. The first kappa shape index (κ1) is 16.3. The van der Waals surface area contributed by atoms with Gasteiger partial charge in [0.25, 0.3) is 0 Å². The summed E-state index contributed by atoms with van der Waals surface area (Å²) in [6.07, 6.45) is 1.41. The Hall–Kier alpha value is -0.710. The van der Waals surface area contributed by atoms with Crippen molar-refractivity contribution in [3.05, 3.63) is 0 Å². The van der Waals surface area contributed by atoms with Crippen LogP contribution in [0, 0.1) is 5.92 Å². The van der Waals surface area contributed by atoms with Crippen molar-refractivity contribution in [3.8, 4) is 0 Å². The van der Waals surface area contributed by atoms with Crippen LogP contribution in [0.15, 0.2) is 0 Å². The van der Waals surface area contributed by atoms with E-state index in [1.165, 1.54) is 0 Å². The SMILES string of the molecule is CCSCCCN1C(=O)C(C(C)C)NC(=O)CC1C. The highest BCUT2D eigenvalue weighted by Gasteiger charge is 2.34. The van der Waals surface area contributed by atoms with Crippen LogP contribution in [0.5, 0.6) is 0 Å². The van der Waals surface area contributed by atoms with Crippen molar-refractivity contribution >= 4 is 23.6 Å². The molecule has 1 fully saturated rings. The van der Waals surface area contributed by atoms with Crippen LogP contribution in [-0.4, -0.2) is 46.8 Å². The third kappa shape index (κ3) is 4.71. The van der Waals surface area contributed by atoms with Gasteiger partial charge in [0.15, 0.2) is 0 Å². The molecule has 0 aromatic heterocycles. The molecule has 1 saturated heterocycles. The monoisotopic (exact) mass is 286 g/mol. The van der Waals surface area contributed by atoms with Gasteiger partial charge in [0, 0.05) is 19.0 Å². The number of carbonyl (C=O) groups is 2. The van der Waals surface area contributed by atoms with Crippen LogP contribution in [0.2, 0.25) is 0 Å². The molecular formula is C14H26N2O2S. The van der Waals surface area contributed by atoms with Crippen LogP contribution in [0.1, 0.15) is 40.5 Å². The van der Waals surface area contributed by atoms with E-state index in [0.717, 1.165) is 24.5 Å². The fraction of sp³-hybridized carbons (Fsp3) is 0.857. The van der Waals surface area contributed by atoms with E-state index in [0.29, 0.717) is 6.42 Å². The molecule has 4 nitrogen and oxygen atoms in total. The van der Waals surface area contributed by atoms with Gasteiger partial charge in [-0.05, 0) is 30.8 Å². The molecule has 0 saturated carbocycles.